The second-order valence-corrected chi connectivity index (χ2v) is 14.4. The average Bonchev–Trinajstić information content (AvgIpc) is 3.09. The molecule has 0 aliphatic rings. The van der Waals surface area contributed by atoms with Crippen molar-refractivity contribution in [1.82, 2.24) is 0 Å². The Labute approximate surface area is 308 Å². The summed E-state index contributed by atoms with van der Waals surface area (Å²) in [5.41, 5.74) is 0. The monoisotopic (exact) mass is 703 g/mol. The molecule has 0 rings (SSSR count). The SMILES string of the molecule is CCCCC/C=C\C/C=C\C/C=C\C=C\[C@H](O)CCCC(=O)O[C@@H](CO)COC(=O)CCCCCCCCCCCCCCCCCC(C)C. The zero-order valence-corrected chi connectivity index (χ0v) is 32.7. The Morgan fingerprint density at radius 1 is 0.600 bits per heavy atom. The summed E-state index contributed by atoms with van der Waals surface area (Å²) in [7, 11) is 0. The van der Waals surface area contributed by atoms with Crippen molar-refractivity contribution in [3.05, 3.63) is 48.6 Å². The predicted octanol–water partition coefficient (Wildman–Crippen LogP) is 11.8. The molecule has 0 fully saturated rings. The molecule has 0 aliphatic carbocycles. The topological polar surface area (TPSA) is 93.1 Å². The Hall–Kier alpha value is -2.18. The van der Waals surface area contributed by atoms with E-state index in [0.29, 0.717) is 19.3 Å². The van der Waals surface area contributed by atoms with Crippen LogP contribution in [0, 0.1) is 5.92 Å². The summed E-state index contributed by atoms with van der Waals surface area (Å²) in [4.78, 5) is 24.3. The standard InChI is InChI=1S/C44H78O6/c1-4-5-6-7-8-9-10-14-18-21-24-27-30-34-41(46)35-32-37-44(48)50-42(38-45)39-49-43(47)36-31-28-25-22-19-16-13-11-12-15-17-20-23-26-29-33-40(2)3/h8-9,14,18,24,27,30,34,40-42,45-46H,4-7,10-13,15-17,19-23,25-26,28-29,31-33,35-39H2,1-3H3/b9-8-,18-14-,27-24-,34-30+/t41-,42-/m0/s1. The van der Waals surface area contributed by atoms with Crippen molar-refractivity contribution in [3.63, 3.8) is 0 Å². The molecular weight excluding hydrogens is 624 g/mol. The summed E-state index contributed by atoms with van der Waals surface area (Å²) in [6.45, 7) is 6.30. The van der Waals surface area contributed by atoms with Crippen LogP contribution in [0.15, 0.2) is 48.6 Å². The lowest BCUT2D eigenvalue weighted by atomic mass is 10.0. The van der Waals surface area contributed by atoms with E-state index in [2.05, 4.69) is 45.1 Å². The van der Waals surface area contributed by atoms with Crippen molar-refractivity contribution in [1.29, 1.82) is 0 Å². The van der Waals surface area contributed by atoms with E-state index in [1.54, 1.807) is 6.08 Å². The number of ether oxygens (including phenoxy) is 2. The van der Waals surface area contributed by atoms with Crippen molar-refractivity contribution in [2.45, 2.75) is 200 Å². The lowest BCUT2D eigenvalue weighted by molar-refractivity contribution is -0.161. The minimum atomic E-state index is -0.864. The number of hydrogen-bond donors (Lipinski definition) is 2. The second kappa shape index (κ2) is 38.1. The van der Waals surface area contributed by atoms with Crippen LogP contribution in [0.3, 0.4) is 0 Å². The van der Waals surface area contributed by atoms with Gasteiger partial charge in [0.1, 0.15) is 6.61 Å². The number of esters is 2. The first-order valence-corrected chi connectivity index (χ1v) is 20.7. The molecule has 0 bridgehead atoms. The van der Waals surface area contributed by atoms with Crippen molar-refractivity contribution in [3.8, 4) is 0 Å². The molecule has 6 heteroatoms. The molecule has 0 aromatic heterocycles. The Morgan fingerprint density at radius 3 is 1.72 bits per heavy atom. The van der Waals surface area contributed by atoms with Crippen LogP contribution >= 0.6 is 0 Å². The van der Waals surface area contributed by atoms with Gasteiger partial charge in [0, 0.05) is 12.8 Å². The lowest BCUT2D eigenvalue weighted by Crippen LogP contribution is -2.28. The molecule has 0 heterocycles. The summed E-state index contributed by atoms with van der Waals surface area (Å²) >= 11 is 0. The fourth-order valence-corrected chi connectivity index (χ4v) is 5.72. The van der Waals surface area contributed by atoms with Gasteiger partial charge in [0.05, 0.1) is 12.7 Å². The molecule has 0 amide bonds. The summed E-state index contributed by atoms with van der Waals surface area (Å²) in [5.74, 6) is 0.0564. The van der Waals surface area contributed by atoms with E-state index >= 15 is 0 Å². The summed E-state index contributed by atoms with van der Waals surface area (Å²) in [6.07, 6.45) is 43.5. The van der Waals surface area contributed by atoms with E-state index in [9.17, 15) is 19.8 Å². The highest BCUT2D eigenvalue weighted by Crippen LogP contribution is 2.15. The van der Waals surface area contributed by atoms with Crippen molar-refractivity contribution >= 4 is 11.9 Å². The molecule has 0 radical (unpaired) electrons. The highest BCUT2D eigenvalue weighted by molar-refractivity contribution is 5.70. The predicted molar refractivity (Wildman–Crippen MR) is 211 cm³/mol. The zero-order valence-electron chi connectivity index (χ0n) is 32.7. The van der Waals surface area contributed by atoms with E-state index in [4.69, 9.17) is 9.47 Å². The molecule has 0 saturated heterocycles. The van der Waals surface area contributed by atoms with Crippen LogP contribution in [0.2, 0.25) is 0 Å². The van der Waals surface area contributed by atoms with E-state index in [-0.39, 0.29) is 19.0 Å². The molecule has 0 spiro atoms. The number of allylic oxidation sites excluding steroid dienone is 7. The summed E-state index contributed by atoms with van der Waals surface area (Å²) in [5, 5.41) is 19.7. The Kier molecular flexibility index (Phi) is 36.4. The number of aliphatic hydroxyl groups excluding tert-OH is 2. The van der Waals surface area contributed by atoms with Gasteiger partial charge in [0.2, 0.25) is 0 Å². The fourth-order valence-electron chi connectivity index (χ4n) is 5.72. The van der Waals surface area contributed by atoms with Gasteiger partial charge in [0.15, 0.2) is 6.10 Å². The molecule has 290 valence electrons. The van der Waals surface area contributed by atoms with Crippen LogP contribution in [0.1, 0.15) is 188 Å². The largest absolute Gasteiger partial charge is 0.462 e. The zero-order chi connectivity index (χ0) is 36.8. The van der Waals surface area contributed by atoms with Crippen LogP contribution < -0.4 is 0 Å². The second-order valence-electron chi connectivity index (χ2n) is 14.4. The van der Waals surface area contributed by atoms with Gasteiger partial charge in [0.25, 0.3) is 0 Å². The number of unbranched alkanes of at least 4 members (excludes halogenated alkanes) is 17. The van der Waals surface area contributed by atoms with E-state index < -0.39 is 24.8 Å². The first-order valence-electron chi connectivity index (χ1n) is 20.7. The van der Waals surface area contributed by atoms with Gasteiger partial charge in [-0.05, 0) is 50.9 Å². The van der Waals surface area contributed by atoms with Gasteiger partial charge in [-0.1, -0.05) is 179 Å². The minimum absolute atomic E-state index is 0.127. The van der Waals surface area contributed by atoms with Gasteiger partial charge in [-0.25, -0.2) is 0 Å². The third-order valence-electron chi connectivity index (χ3n) is 8.91. The third-order valence-corrected chi connectivity index (χ3v) is 8.91. The lowest BCUT2D eigenvalue weighted by Gasteiger charge is -2.16. The van der Waals surface area contributed by atoms with Gasteiger partial charge >= 0.3 is 11.9 Å². The summed E-state index contributed by atoms with van der Waals surface area (Å²) in [6, 6.07) is 0. The fraction of sp³-hybridized carbons (Fsp3) is 0.773. The van der Waals surface area contributed by atoms with Gasteiger partial charge in [-0.3, -0.25) is 9.59 Å². The molecule has 2 N–H and O–H groups in total. The minimum Gasteiger partial charge on any atom is -0.462 e. The first-order chi connectivity index (χ1) is 24.4. The molecule has 2 atom stereocenters. The number of aliphatic hydroxyl groups is 2. The molecule has 0 unspecified atom stereocenters. The number of rotatable bonds is 36. The van der Waals surface area contributed by atoms with Crippen LogP contribution in [0.5, 0.6) is 0 Å². The van der Waals surface area contributed by atoms with Crippen LogP contribution in [-0.2, 0) is 19.1 Å². The molecule has 0 aromatic carbocycles. The molecule has 0 aliphatic heterocycles. The Bertz CT molecular complexity index is 874. The quantitative estimate of drug-likeness (QED) is 0.0292. The number of carbonyl (C=O) groups excluding carboxylic acids is 2. The van der Waals surface area contributed by atoms with Crippen molar-refractivity contribution in [2.24, 2.45) is 5.92 Å². The number of hydrogen-bond acceptors (Lipinski definition) is 6. The normalized spacial score (nSPS) is 13.4. The Balaban J connectivity index is 3.72. The van der Waals surface area contributed by atoms with E-state index in [0.717, 1.165) is 44.4 Å². The smallest absolute Gasteiger partial charge is 0.306 e. The number of carbonyl (C=O) groups is 2. The maximum Gasteiger partial charge on any atom is 0.306 e. The first kappa shape index (κ1) is 47.8. The van der Waals surface area contributed by atoms with Crippen LogP contribution in [0.4, 0.5) is 0 Å². The van der Waals surface area contributed by atoms with Crippen molar-refractivity contribution in [2.75, 3.05) is 13.2 Å². The van der Waals surface area contributed by atoms with Crippen molar-refractivity contribution < 1.29 is 29.3 Å². The maximum atomic E-state index is 12.2. The van der Waals surface area contributed by atoms with Gasteiger partial charge < -0.3 is 19.7 Å². The molecule has 6 nitrogen and oxygen atoms in total. The highest BCUT2D eigenvalue weighted by atomic mass is 16.6. The molecule has 50 heavy (non-hydrogen) atoms. The van der Waals surface area contributed by atoms with Gasteiger partial charge in [-0.2, -0.15) is 0 Å². The van der Waals surface area contributed by atoms with Crippen LogP contribution in [-0.4, -0.2) is 47.6 Å². The van der Waals surface area contributed by atoms with E-state index in [1.807, 2.05) is 18.2 Å². The highest BCUT2D eigenvalue weighted by Gasteiger charge is 2.16. The molecule has 0 saturated carbocycles. The van der Waals surface area contributed by atoms with Gasteiger partial charge in [-0.15, -0.1) is 0 Å². The molecular formula is C44H78O6. The summed E-state index contributed by atoms with van der Waals surface area (Å²) < 4.78 is 10.5. The van der Waals surface area contributed by atoms with Crippen LogP contribution in [0.25, 0.3) is 0 Å². The Morgan fingerprint density at radius 2 is 1.14 bits per heavy atom. The van der Waals surface area contributed by atoms with E-state index in [1.165, 1.54) is 103 Å². The average molecular weight is 703 g/mol. The maximum absolute atomic E-state index is 12.2. The molecule has 0 aromatic rings. The third kappa shape index (κ3) is 37.1.